The number of rotatable bonds is 5. The quantitative estimate of drug-likeness (QED) is 0.506. The number of aliphatic carboxylic acids is 1. The number of H-pyrrole nitrogens is 1. The molecule has 27 heavy (non-hydrogen) atoms. The molecule has 4 aromatic rings. The standard InChI is InChI=1S/C24H21NO2/c1-16-6-2-3-7-19(16)18-12-10-17(11-13-18)14-23-21(15-24(26)27)20-8-4-5-9-22(20)25-23/h2-13,25H,14-15H2,1H3,(H,26,27). The van der Waals surface area contributed by atoms with Gasteiger partial charge in [0.15, 0.2) is 0 Å². The van der Waals surface area contributed by atoms with Gasteiger partial charge in [0.1, 0.15) is 0 Å². The van der Waals surface area contributed by atoms with Gasteiger partial charge in [-0.15, -0.1) is 0 Å². The van der Waals surface area contributed by atoms with Crippen LogP contribution in [0.15, 0.2) is 72.8 Å². The van der Waals surface area contributed by atoms with Crippen LogP contribution in [0.1, 0.15) is 22.4 Å². The molecule has 0 fully saturated rings. The Morgan fingerprint density at radius 2 is 1.63 bits per heavy atom. The maximum absolute atomic E-state index is 11.3. The number of para-hydroxylation sites is 1. The third-order valence-corrected chi connectivity index (χ3v) is 5.02. The number of carbonyl (C=O) groups is 1. The van der Waals surface area contributed by atoms with E-state index in [1.165, 1.54) is 16.7 Å². The number of nitrogens with one attached hydrogen (secondary N) is 1. The highest BCUT2D eigenvalue weighted by molar-refractivity contribution is 5.88. The molecule has 0 saturated heterocycles. The third-order valence-electron chi connectivity index (χ3n) is 5.02. The fourth-order valence-electron chi connectivity index (χ4n) is 3.66. The first-order chi connectivity index (χ1) is 13.1. The largest absolute Gasteiger partial charge is 0.481 e. The summed E-state index contributed by atoms with van der Waals surface area (Å²) in [7, 11) is 0. The van der Waals surface area contributed by atoms with E-state index in [1.54, 1.807) is 0 Å². The second-order valence-corrected chi connectivity index (χ2v) is 6.89. The van der Waals surface area contributed by atoms with Crippen molar-refractivity contribution in [3.63, 3.8) is 0 Å². The first-order valence-electron chi connectivity index (χ1n) is 9.07. The van der Waals surface area contributed by atoms with Gasteiger partial charge in [0.2, 0.25) is 0 Å². The lowest BCUT2D eigenvalue weighted by molar-refractivity contribution is -0.136. The first-order valence-corrected chi connectivity index (χ1v) is 9.07. The summed E-state index contributed by atoms with van der Waals surface area (Å²) < 4.78 is 0. The van der Waals surface area contributed by atoms with Crippen LogP contribution in [-0.2, 0) is 17.6 Å². The van der Waals surface area contributed by atoms with Crippen LogP contribution in [0.5, 0.6) is 0 Å². The first kappa shape index (κ1) is 17.1. The number of carboxylic acids is 1. The summed E-state index contributed by atoms with van der Waals surface area (Å²) in [6, 6.07) is 24.8. The van der Waals surface area contributed by atoms with Crippen molar-refractivity contribution in [1.29, 1.82) is 0 Å². The molecule has 2 N–H and O–H groups in total. The molecule has 0 aliphatic rings. The molecule has 0 radical (unpaired) electrons. The maximum atomic E-state index is 11.3. The average molecular weight is 355 g/mol. The number of aryl methyl sites for hydroxylation is 1. The molecule has 0 spiro atoms. The van der Waals surface area contributed by atoms with E-state index >= 15 is 0 Å². The molecule has 0 unspecified atom stereocenters. The van der Waals surface area contributed by atoms with Gasteiger partial charge in [-0.1, -0.05) is 66.7 Å². The molecular weight excluding hydrogens is 334 g/mol. The topological polar surface area (TPSA) is 53.1 Å². The van der Waals surface area contributed by atoms with Gasteiger partial charge in [-0.25, -0.2) is 0 Å². The van der Waals surface area contributed by atoms with Gasteiger partial charge in [0.25, 0.3) is 0 Å². The SMILES string of the molecule is Cc1ccccc1-c1ccc(Cc2[nH]c3ccccc3c2CC(=O)O)cc1. The summed E-state index contributed by atoms with van der Waals surface area (Å²) in [5.74, 6) is -0.809. The molecule has 1 heterocycles. The molecule has 3 heteroatoms. The van der Waals surface area contributed by atoms with E-state index in [2.05, 4.69) is 54.4 Å². The van der Waals surface area contributed by atoms with Gasteiger partial charge in [0.05, 0.1) is 6.42 Å². The Balaban J connectivity index is 1.66. The van der Waals surface area contributed by atoms with Crippen molar-refractivity contribution in [2.75, 3.05) is 0 Å². The molecule has 3 nitrogen and oxygen atoms in total. The zero-order valence-corrected chi connectivity index (χ0v) is 15.2. The minimum atomic E-state index is -0.809. The summed E-state index contributed by atoms with van der Waals surface area (Å²) in [4.78, 5) is 14.7. The smallest absolute Gasteiger partial charge is 0.307 e. The number of hydrogen-bond donors (Lipinski definition) is 2. The van der Waals surface area contributed by atoms with Crippen LogP contribution in [0.3, 0.4) is 0 Å². The Kier molecular flexibility index (Phi) is 4.51. The zero-order chi connectivity index (χ0) is 18.8. The predicted molar refractivity (Wildman–Crippen MR) is 109 cm³/mol. The lowest BCUT2D eigenvalue weighted by Gasteiger charge is -2.08. The van der Waals surface area contributed by atoms with E-state index in [1.807, 2.05) is 30.3 Å². The molecule has 0 amide bonds. The van der Waals surface area contributed by atoms with E-state index < -0.39 is 5.97 Å². The highest BCUT2D eigenvalue weighted by Gasteiger charge is 2.14. The van der Waals surface area contributed by atoms with Gasteiger partial charge >= 0.3 is 5.97 Å². The Hall–Kier alpha value is -3.33. The molecule has 1 aromatic heterocycles. The number of carboxylic acid groups (broad SMARTS) is 1. The van der Waals surface area contributed by atoms with E-state index in [4.69, 9.17) is 0 Å². The van der Waals surface area contributed by atoms with Gasteiger partial charge in [-0.05, 0) is 40.8 Å². The van der Waals surface area contributed by atoms with Crippen LogP contribution in [0, 0.1) is 6.92 Å². The van der Waals surface area contributed by atoms with Crippen LogP contribution < -0.4 is 0 Å². The molecule has 0 atom stereocenters. The summed E-state index contributed by atoms with van der Waals surface area (Å²) >= 11 is 0. The van der Waals surface area contributed by atoms with Crippen LogP contribution in [0.2, 0.25) is 0 Å². The Labute approximate surface area is 158 Å². The number of aromatic nitrogens is 1. The lowest BCUT2D eigenvalue weighted by atomic mass is 9.97. The Bertz CT molecular complexity index is 1110. The van der Waals surface area contributed by atoms with Gasteiger partial charge < -0.3 is 10.1 Å². The van der Waals surface area contributed by atoms with Crippen LogP contribution in [0.25, 0.3) is 22.0 Å². The summed E-state index contributed by atoms with van der Waals surface area (Å²) in [5.41, 5.74) is 7.68. The van der Waals surface area contributed by atoms with Crippen molar-refractivity contribution in [3.8, 4) is 11.1 Å². The maximum Gasteiger partial charge on any atom is 0.307 e. The van der Waals surface area contributed by atoms with E-state index in [-0.39, 0.29) is 6.42 Å². The van der Waals surface area contributed by atoms with Crippen molar-refractivity contribution in [2.45, 2.75) is 19.8 Å². The molecule has 4 rings (SSSR count). The molecule has 0 bridgehead atoms. The van der Waals surface area contributed by atoms with Crippen LogP contribution in [0.4, 0.5) is 0 Å². The van der Waals surface area contributed by atoms with Crippen molar-refractivity contribution in [1.82, 2.24) is 4.98 Å². The molecular formula is C24H21NO2. The minimum Gasteiger partial charge on any atom is -0.481 e. The van der Waals surface area contributed by atoms with Crippen molar-refractivity contribution in [2.24, 2.45) is 0 Å². The van der Waals surface area contributed by atoms with E-state index in [0.717, 1.165) is 27.7 Å². The second-order valence-electron chi connectivity index (χ2n) is 6.89. The fourth-order valence-corrected chi connectivity index (χ4v) is 3.66. The van der Waals surface area contributed by atoms with Crippen molar-refractivity contribution in [3.05, 3.63) is 95.2 Å². The number of fused-ring (bicyclic) bond motifs is 1. The average Bonchev–Trinajstić information content (AvgIpc) is 3.00. The van der Waals surface area contributed by atoms with E-state index in [9.17, 15) is 9.90 Å². The van der Waals surface area contributed by atoms with E-state index in [0.29, 0.717) is 6.42 Å². The van der Waals surface area contributed by atoms with Gasteiger partial charge in [-0.2, -0.15) is 0 Å². The summed E-state index contributed by atoms with van der Waals surface area (Å²) in [5, 5.41) is 10.3. The molecule has 134 valence electrons. The van der Waals surface area contributed by atoms with Crippen molar-refractivity contribution < 1.29 is 9.90 Å². The highest BCUT2D eigenvalue weighted by atomic mass is 16.4. The lowest BCUT2D eigenvalue weighted by Crippen LogP contribution is -2.03. The van der Waals surface area contributed by atoms with Crippen LogP contribution >= 0.6 is 0 Å². The Morgan fingerprint density at radius 1 is 0.926 bits per heavy atom. The monoisotopic (exact) mass is 355 g/mol. The summed E-state index contributed by atoms with van der Waals surface area (Å²) in [6.45, 7) is 2.12. The van der Waals surface area contributed by atoms with Crippen molar-refractivity contribution >= 4 is 16.9 Å². The molecule has 0 aliphatic carbocycles. The van der Waals surface area contributed by atoms with Gasteiger partial charge in [-0.3, -0.25) is 4.79 Å². The molecule has 3 aromatic carbocycles. The fraction of sp³-hybridized carbons (Fsp3) is 0.125. The third kappa shape index (κ3) is 3.49. The van der Waals surface area contributed by atoms with Crippen LogP contribution in [-0.4, -0.2) is 16.1 Å². The number of aromatic amines is 1. The molecule has 0 saturated carbocycles. The number of benzene rings is 3. The van der Waals surface area contributed by atoms with Gasteiger partial charge in [0, 0.05) is 23.0 Å². The Morgan fingerprint density at radius 3 is 2.37 bits per heavy atom. The normalized spacial score (nSPS) is 11.0. The summed E-state index contributed by atoms with van der Waals surface area (Å²) in [6.07, 6.45) is 0.714. The highest BCUT2D eigenvalue weighted by Crippen LogP contribution is 2.27. The number of hydrogen-bond acceptors (Lipinski definition) is 1. The molecule has 0 aliphatic heterocycles. The minimum absolute atomic E-state index is 0.0284. The predicted octanol–water partition coefficient (Wildman–Crippen LogP) is 5.36. The second kappa shape index (κ2) is 7.12. The zero-order valence-electron chi connectivity index (χ0n) is 15.2.